The summed E-state index contributed by atoms with van der Waals surface area (Å²) in [5.41, 5.74) is 1.39. The first-order valence-electron chi connectivity index (χ1n) is 7.03. The number of hydrogen-bond donors (Lipinski definition) is 1. The van der Waals surface area contributed by atoms with E-state index in [4.69, 9.17) is 4.74 Å². The van der Waals surface area contributed by atoms with Crippen molar-refractivity contribution in [3.05, 3.63) is 30.1 Å². The molecule has 0 aliphatic carbocycles. The van der Waals surface area contributed by atoms with Crippen LogP contribution in [-0.2, 0) is 11.2 Å². The molecule has 1 aliphatic heterocycles. The van der Waals surface area contributed by atoms with Gasteiger partial charge in [-0.25, -0.2) is 0 Å². The van der Waals surface area contributed by atoms with Crippen molar-refractivity contribution in [1.82, 2.24) is 15.2 Å². The molecule has 2 heterocycles. The standard InChI is InChI=1S/C15H25N3O/c1-15(2,18-7-9-19-10-8-18)14(16-3)11-13-5-4-6-17-12-13/h4-6,12,14,16H,7-11H2,1-3H3. The Kier molecular flexibility index (Phi) is 4.91. The van der Waals surface area contributed by atoms with Crippen LogP contribution in [0.1, 0.15) is 19.4 Å². The molecule has 1 unspecified atom stereocenters. The largest absolute Gasteiger partial charge is 0.379 e. The molecule has 0 amide bonds. The highest BCUT2D eigenvalue weighted by atomic mass is 16.5. The molecule has 0 aromatic carbocycles. The van der Waals surface area contributed by atoms with Crippen molar-refractivity contribution in [2.24, 2.45) is 0 Å². The summed E-state index contributed by atoms with van der Waals surface area (Å²) in [6.45, 7) is 8.33. The minimum absolute atomic E-state index is 0.106. The molecule has 4 nitrogen and oxygen atoms in total. The number of rotatable bonds is 5. The van der Waals surface area contributed by atoms with Crippen molar-refractivity contribution >= 4 is 0 Å². The summed E-state index contributed by atoms with van der Waals surface area (Å²) in [6.07, 6.45) is 4.78. The lowest BCUT2D eigenvalue weighted by Gasteiger charge is -2.45. The first kappa shape index (κ1) is 14.4. The molecular weight excluding hydrogens is 238 g/mol. The molecule has 106 valence electrons. The van der Waals surface area contributed by atoms with Gasteiger partial charge in [-0.3, -0.25) is 9.88 Å². The van der Waals surface area contributed by atoms with E-state index in [1.807, 2.05) is 25.5 Å². The van der Waals surface area contributed by atoms with Crippen LogP contribution < -0.4 is 5.32 Å². The Morgan fingerprint density at radius 3 is 2.74 bits per heavy atom. The number of ether oxygens (including phenoxy) is 1. The van der Waals surface area contributed by atoms with Crippen LogP contribution in [0.25, 0.3) is 0 Å². The summed E-state index contributed by atoms with van der Waals surface area (Å²) >= 11 is 0. The number of morpholine rings is 1. The minimum Gasteiger partial charge on any atom is -0.379 e. The van der Waals surface area contributed by atoms with Gasteiger partial charge in [0.2, 0.25) is 0 Å². The third-order valence-electron chi connectivity index (χ3n) is 4.19. The average Bonchev–Trinajstić information content (AvgIpc) is 2.46. The Hall–Kier alpha value is -0.970. The van der Waals surface area contributed by atoms with E-state index in [2.05, 4.69) is 35.1 Å². The SMILES string of the molecule is CNC(Cc1cccnc1)C(C)(C)N1CCOCC1. The van der Waals surface area contributed by atoms with Gasteiger partial charge in [-0.1, -0.05) is 6.07 Å². The molecule has 0 radical (unpaired) electrons. The fourth-order valence-corrected chi connectivity index (χ4v) is 2.82. The Morgan fingerprint density at radius 2 is 2.16 bits per heavy atom. The zero-order valence-electron chi connectivity index (χ0n) is 12.2. The predicted octanol–water partition coefficient (Wildman–Crippen LogP) is 1.32. The van der Waals surface area contributed by atoms with Gasteiger partial charge in [0.05, 0.1) is 13.2 Å². The normalized spacial score (nSPS) is 19.3. The second-order valence-corrected chi connectivity index (χ2v) is 5.66. The fourth-order valence-electron chi connectivity index (χ4n) is 2.82. The number of pyridine rings is 1. The number of nitrogens with zero attached hydrogens (tertiary/aromatic N) is 2. The lowest BCUT2D eigenvalue weighted by atomic mass is 9.87. The van der Waals surface area contributed by atoms with E-state index in [-0.39, 0.29) is 5.54 Å². The molecule has 1 saturated heterocycles. The molecule has 1 aromatic heterocycles. The van der Waals surface area contributed by atoms with Gasteiger partial charge in [0.25, 0.3) is 0 Å². The van der Waals surface area contributed by atoms with Crippen LogP contribution in [-0.4, -0.2) is 54.8 Å². The second-order valence-electron chi connectivity index (χ2n) is 5.66. The van der Waals surface area contributed by atoms with Crippen molar-refractivity contribution in [3.8, 4) is 0 Å². The maximum Gasteiger partial charge on any atom is 0.0594 e. The van der Waals surface area contributed by atoms with Gasteiger partial charge >= 0.3 is 0 Å². The Balaban J connectivity index is 2.06. The van der Waals surface area contributed by atoms with E-state index >= 15 is 0 Å². The minimum atomic E-state index is 0.106. The number of hydrogen-bond acceptors (Lipinski definition) is 4. The van der Waals surface area contributed by atoms with Crippen molar-refractivity contribution < 1.29 is 4.74 Å². The molecule has 1 N–H and O–H groups in total. The van der Waals surface area contributed by atoms with Crippen LogP contribution in [0.15, 0.2) is 24.5 Å². The third-order valence-corrected chi connectivity index (χ3v) is 4.19. The van der Waals surface area contributed by atoms with Gasteiger partial charge in [0.15, 0.2) is 0 Å². The van der Waals surface area contributed by atoms with E-state index in [1.165, 1.54) is 5.56 Å². The topological polar surface area (TPSA) is 37.4 Å². The van der Waals surface area contributed by atoms with Gasteiger partial charge in [-0.15, -0.1) is 0 Å². The average molecular weight is 263 g/mol. The summed E-state index contributed by atoms with van der Waals surface area (Å²) in [6, 6.07) is 4.55. The molecule has 1 atom stereocenters. The molecule has 1 aliphatic rings. The molecule has 0 spiro atoms. The van der Waals surface area contributed by atoms with E-state index in [0.29, 0.717) is 6.04 Å². The number of likely N-dealkylation sites (N-methyl/N-ethyl adjacent to an activating group) is 1. The fraction of sp³-hybridized carbons (Fsp3) is 0.667. The van der Waals surface area contributed by atoms with E-state index in [9.17, 15) is 0 Å². The van der Waals surface area contributed by atoms with Crippen LogP contribution in [0, 0.1) is 0 Å². The van der Waals surface area contributed by atoms with Crippen molar-refractivity contribution in [3.63, 3.8) is 0 Å². The van der Waals surface area contributed by atoms with Gasteiger partial charge in [0, 0.05) is 37.1 Å². The summed E-state index contributed by atoms with van der Waals surface area (Å²) in [7, 11) is 2.04. The van der Waals surface area contributed by atoms with Crippen molar-refractivity contribution in [1.29, 1.82) is 0 Å². The number of aromatic nitrogens is 1. The lowest BCUT2D eigenvalue weighted by Crippen LogP contribution is -2.60. The quantitative estimate of drug-likeness (QED) is 0.869. The van der Waals surface area contributed by atoms with Crippen LogP contribution in [0.4, 0.5) is 0 Å². The van der Waals surface area contributed by atoms with Gasteiger partial charge < -0.3 is 10.1 Å². The number of nitrogens with one attached hydrogen (secondary N) is 1. The molecular formula is C15H25N3O. The molecule has 19 heavy (non-hydrogen) atoms. The predicted molar refractivity (Wildman–Crippen MR) is 77.3 cm³/mol. The van der Waals surface area contributed by atoms with Crippen LogP contribution in [0.2, 0.25) is 0 Å². The lowest BCUT2D eigenvalue weighted by molar-refractivity contribution is -0.0223. The Bertz CT molecular complexity index is 374. The summed E-state index contributed by atoms with van der Waals surface area (Å²) in [5, 5.41) is 3.48. The van der Waals surface area contributed by atoms with Gasteiger partial charge in [0.1, 0.15) is 0 Å². The maximum absolute atomic E-state index is 5.45. The van der Waals surface area contributed by atoms with Crippen LogP contribution >= 0.6 is 0 Å². The highest BCUT2D eigenvalue weighted by molar-refractivity contribution is 5.12. The molecule has 1 fully saturated rings. The zero-order valence-corrected chi connectivity index (χ0v) is 12.2. The first-order valence-corrected chi connectivity index (χ1v) is 7.03. The second kappa shape index (κ2) is 6.46. The van der Waals surface area contributed by atoms with E-state index < -0.39 is 0 Å². The van der Waals surface area contributed by atoms with Crippen molar-refractivity contribution in [2.45, 2.75) is 31.8 Å². The molecule has 0 bridgehead atoms. The van der Waals surface area contributed by atoms with E-state index in [0.717, 1.165) is 32.7 Å². The van der Waals surface area contributed by atoms with E-state index in [1.54, 1.807) is 0 Å². The Labute approximate surface area is 116 Å². The summed E-state index contributed by atoms with van der Waals surface area (Å²) < 4.78 is 5.45. The highest BCUT2D eigenvalue weighted by Gasteiger charge is 2.35. The smallest absolute Gasteiger partial charge is 0.0594 e. The third kappa shape index (κ3) is 3.53. The zero-order chi connectivity index (χ0) is 13.7. The Morgan fingerprint density at radius 1 is 1.42 bits per heavy atom. The van der Waals surface area contributed by atoms with Gasteiger partial charge in [-0.2, -0.15) is 0 Å². The molecule has 4 heteroatoms. The van der Waals surface area contributed by atoms with Crippen LogP contribution in [0.3, 0.4) is 0 Å². The molecule has 2 rings (SSSR count). The summed E-state index contributed by atoms with van der Waals surface area (Å²) in [4.78, 5) is 6.73. The highest BCUT2D eigenvalue weighted by Crippen LogP contribution is 2.23. The van der Waals surface area contributed by atoms with Gasteiger partial charge in [-0.05, 0) is 38.9 Å². The first-order chi connectivity index (χ1) is 9.14. The van der Waals surface area contributed by atoms with Crippen LogP contribution in [0.5, 0.6) is 0 Å². The molecule has 1 aromatic rings. The maximum atomic E-state index is 5.45. The van der Waals surface area contributed by atoms with Crippen molar-refractivity contribution in [2.75, 3.05) is 33.4 Å². The molecule has 0 saturated carbocycles. The summed E-state index contributed by atoms with van der Waals surface area (Å²) in [5.74, 6) is 0. The monoisotopic (exact) mass is 263 g/mol.